The van der Waals surface area contributed by atoms with Crippen LogP contribution in [0.5, 0.6) is 0 Å². The lowest BCUT2D eigenvalue weighted by Crippen LogP contribution is -2.19. The predicted molar refractivity (Wildman–Crippen MR) is 18.9 cm³/mol. The number of rotatable bonds is 0. The molecule has 6 heavy (non-hydrogen) atoms. The van der Waals surface area contributed by atoms with E-state index in [1.165, 1.54) is 0 Å². The highest BCUT2D eigenvalue weighted by molar-refractivity contribution is 5.11. The van der Waals surface area contributed by atoms with Gasteiger partial charge in [-0.3, -0.25) is 0 Å². The van der Waals surface area contributed by atoms with Crippen molar-refractivity contribution < 1.29 is 14.3 Å². The SMILES string of the molecule is [2H]C1=C([2H])[C@@]([2H])(F)[C@]1([2H])F. The van der Waals surface area contributed by atoms with Crippen LogP contribution in [0.4, 0.5) is 8.78 Å². The summed E-state index contributed by atoms with van der Waals surface area (Å²) >= 11 is 0. The van der Waals surface area contributed by atoms with E-state index in [1.807, 2.05) is 0 Å². The third-order valence-corrected chi connectivity index (χ3v) is 0.475. The van der Waals surface area contributed by atoms with Gasteiger partial charge in [0.25, 0.3) is 0 Å². The first kappa shape index (κ1) is 1.29. The second-order valence-electron chi connectivity index (χ2n) is 0.878. The molecule has 0 bridgehead atoms. The standard InChI is InChI=1S/C4H4F2/c5-3-1-2-4(3)6/h1-4H/t3-,4-/m1/s1/i1D,2D,3D,4D. The zero-order valence-electron chi connectivity index (χ0n) is 6.76. The van der Waals surface area contributed by atoms with Crippen LogP contribution >= 0.6 is 0 Å². The minimum atomic E-state index is -3.34. The van der Waals surface area contributed by atoms with Gasteiger partial charge in [0.1, 0.15) is 0 Å². The van der Waals surface area contributed by atoms with Gasteiger partial charge >= 0.3 is 0 Å². The van der Waals surface area contributed by atoms with Crippen molar-refractivity contribution in [1.82, 2.24) is 0 Å². The van der Waals surface area contributed by atoms with E-state index < -0.39 is 24.4 Å². The van der Waals surface area contributed by atoms with Crippen LogP contribution in [0.15, 0.2) is 12.1 Å². The minimum Gasteiger partial charge on any atom is -0.239 e. The third kappa shape index (κ3) is 0.329. The molecule has 0 aromatic carbocycles. The number of hydrogen-bond donors (Lipinski definition) is 0. The van der Waals surface area contributed by atoms with Crippen LogP contribution in [0.2, 0.25) is 0 Å². The van der Waals surface area contributed by atoms with E-state index in [4.69, 9.17) is 5.48 Å². The molecule has 0 amide bonds. The van der Waals surface area contributed by atoms with Crippen LogP contribution in [0.25, 0.3) is 0 Å². The van der Waals surface area contributed by atoms with E-state index in [1.54, 1.807) is 0 Å². The van der Waals surface area contributed by atoms with Crippen molar-refractivity contribution in [2.45, 2.75) is 12.3 Å². The molecule has 1 aliphatic carbocycles. The Bertz CT molecular complexity index is 185. The Morgan fingerprint density at radius 1 is 1.50 bits per heavy atom. The first-order chi connectivity index (χ1) is 4.32. The van der Waals surface area contributed by atoms with Crippen LogP contribution in [-0.2, 0) is 0 Å². The lowest BCUT2D eigenvalue weighted by atomic mass is 10.1. The Kier molecular flexibility index (Phi) is 0.221. The van der Waals surface area contributed by atoms with E-state index >= 15 is 0 Å². The van der Waals surface area contributed by atoms with E-state index in [0.717, 1.165) is 0 Å². The molecule has 2 atom stereocenters. The summed E-state index contributed by atoms with van der Waals surface area (Å²) in [5.41, 5.74) is 0. The molecule has 0 N–H and O–H groups in total. The normalized spacial score (nSPS) is 79.7. The molecular weight excluding hydrogens is 86.0 g/mol. The largest absolute Gasteiger partial charge is 0.239 e. The summed E-state index contributed by atoms with van der Waals surface area (Å²) in [6.07, 6.45) is -6.69. The fourth-order valence-electron chi connectivity index (χ4n) is 0.157. The zero-order valence-corrected chi connectivity index (χ0v) is 2.76. The second kappa shape index (κ2) is 1.03. The number of alkyl halides is 2. The van der Waals surface area contributed by atoms with Gasteiger partial charge in [0.2, 0.25) is 0 Å². The van der Waals surface area contributed by atoms with Gasteiger partial charge in [0.05, 0.1) is 5.48 Å². The number of hydrogen-bond acceptors (Lipinski definition) is 0. The summed E-state index contributed by atoms with van der Waals surface area (Å²) in [6, 6.07) is -2.13. The molecule has 0 nitrogen and oxygen atoms in total. The number of halogens is 2. The van der Waals surface area contributed by atoms with Gasteiger partial charge in [0.15, 0.2) is 12.3 Å². The molecule has 1 rings (SSSR count). The predicted octanol–water partition coefficient (Wildman–Crippen LogP) is 1.23. The first-order valence-electron chi connectivity index (χ1n) is 3.38. The number of allylic oxidation sites excluding steroid dienone is 2. The van der Waals surface area contributed by atoms with Crippen molar-refractivity contribution >= 4 is 0 Å². The molecule has 2 heteroatoms. The summed E-state index contributed by atoms with van der Waals surface area (Å²) in [4.78, 5) is 0. The summed E-state index contributed by atoms with van der Waals surface area (Å²) in [6.45, 7) is 0. The molecular formula is C4H4F2. The summed E-state index contributed by atoms with van der Waals surface area (Å²) in [7, 11) is 0. The monoisotopic (exact) mass is 94.1 g/mol. The lowest BCUT2D eigenvalue weighted by molar-refractivity contribution is 0.220. The van der Waals surface area contributed by atoms with Gasteiger partial charge in [-0.1, -0.05) is 0 Å². The van der Waals surface area contributed by atoms with Crippen LogP contribution in [0, 0.1) is 0 Å². The molecule has 1 aliphatic rings. The Balaban J connectivity index is 3.10. The molecule has 0 heterocycles. The highest BCUT2D eigenvalue weighted by Gasteiger charge is 2.21. The van der Waals surface area contributed by atoms with E-state index in [-0.39, 0.29) is 0 Å². The summed E-state index contributed by atoms with van der Waals surface area (Å²) in [5.74, 6) is 0. The van der Waals surface area contributed by atoms with Gasteiger partial charge in [-0.15, -0.1) is 0 Å². The quantitative estimate of drug-likeness (QED) is 0.396. The van der Waals surface area contributed by atoms with Crippen LogP contribution in [-0.4, -0.2) is 12.3 Å². The van der Waals surface area contributed by atoms with Gasteiger partial charge in [-0.2, -0.15) is 0 Å². The first-order valence-corrected chi connectivity index (χ1v) is 1.38. The van der Waals surface area contributed by atoms with Crippen molar-refractivity contribution in [3.8, 4) is 0 Å². The maximum atomic E-state index is 12.4. The topological polar surface area (TPSA) is 0 Å². The smallest absolute Gasteiger partial charge is 0.153 e. The Morgan fingerprint density at radius 3 is 2.00 bits per heavy atom. The van der Waals surface area contributed by atoms with Crippen molar-refractivity contribution in [2.75, 3.05) is 0 Å². The lowest BCUT2D eigenvalue weighted by Gasteiger charge is -2.11. The molecule has 0 unspecified atom stereocenters. The van der Waals surface area contributed by atoms with Crippen molar-refractivity contribution in [3.63, 3.8) is 0 Å². The molecule has 0 saturated carbocycles. The zero-order chi connectivity index (χ0) is 8.15. The fraction of sp³-hybridized carbons (Fsp3) is 0.500. The van der Waals surface area contributed by atoms with Crippen LogP contribution < -0.4 is 0 Å². The van der Waals surface area contributed by atoms with E-state index in [9.17, 15) is 8.78 Å². The van der Waals surface area contributed by atoms with Gasteiger partial charge < -0.3 is 0 Å². The second-order valence-corrected chi connectivity index (χ2v) is 0.878. The molecule has 0 aliphatic heterocycles. The molecule has 0 saturated heterocycles. The van der Waals surface area contributed by atoms with Crippen LogP contribution in [0.1, 0.15) is 5.48 Å². The molecule has 34 valence electrons. The van der Waals surface area contributed by atoms with Crippen LogP contribution in [0.3, 0.4) is 0 Å². The molecule has 0 spiro atoms. The van der Waals surface area contributed by atoms with Gasteiger partial charge in [-0.05, 0) is 12.1 Å². The fourth-order valence-corrected chi connectivity index (χ4v) is 0.157. The maximum Gasteiger partial charge on any atom is 0.153 e. The van der Waals surface area contributed by atoms with Gasteiger partial charge in [-0.25, -0.2) is 8.78 Å². The highest BCUT2D eigenvalue weighted by Crippen LogP contribution is 2.15. The molecule has 0 aromatic heterocycles. The van der Waals surface area contributed by atoms with Crippen molar-refractivity contribution in [2.24, 2.45) is 0 Å². The highest BCUT2D eigenvalue weighted by atomic mass is 19.2. The third-order valence-electron chi connectivity index (χ3n) is 0.475. The average molecular weight is 94.1 g/mol. The Labute approximate surface area is 40.1 Å². The maximum absolute atomic E-state index is 12.4. The Morgan fingerprint density at radius 2 is 1.83 bits per heavy atom. The van der Waals surface area contributed by atoms with Crippen molar-refractivity contribution in [1.29, 1.82) is 0 Å². The average Bonchev–Trinajstić information content (AvgIpc) is 1.84. The summed E-state index contributed by atoms with van der Waals surface area (Å²) < 4.78 is 50.6. The summed E-state index contributed by atoms with van der Waals surface area (Å²) in [5, 5.41) is 0. The van der Waals surface area contributed by atoms with Gasteiger partial charge in [0, 0.05) is 0 Å². The molecule has 0 aromatic rings. The minimum absolute atomic E-state index is 1.06. The molecule has 0 radical (unpaired) electrons. The Hall–Kier alpha value is -0.400. The van der Waals surface area contributed by atoms with E-state index in [0.29, 0.717) is 0 Å². The van der Waals surface area contributed by atoms with Crippen molar-refractivity contribution in [3.05, 3.63) is 12.1 Å². The molecule has 0 fully saturated rings. The van der Waals surface area contributed by atoms with E-state index in [2.05, 4.69) is 0 Å².